The number of hydrogen-bond acceptors (Lipinski definition) is 4. The summed E-state index contributed by atoms with van der Waals surface area (Å²) in [5, 5.41) is 0.412. The van der Waals surface area contributed by atoms with E-state index in [4.69, 9.17) is 4.55 Å². The van der Waals surface area contributed by atoms with E-state index >= 15 is 0 Å². The Morgan fingerprint density at radius 3 is 2.18 bits per heavy atom. The molecule has 1 N–H and O–H groups in total. The zero-order valence-corrected chi connectivity index (χ0v) is 7.66. The van der Waals surface area contributed by atoms with E-state index in [2.05, 4.69) is 4.98 Å². The Labute approximate surface area is 68.6 Å². The maximum Gasteiger partial charge on any atom is 0.313 e. The number of hydrogen-bond donors (Lipinski definition) is 1. The Hall–Kier alpha value is -0.460. The first-order valence-corrected chi connectivity index (χ1v) is 5.08. The van der Waals surface area contributed by atoms with E-state index in [1.807, 2.05) is 0 Å². The Morgan fingerprint density at radius 1 is 1.45 bits per heavy atom. The van der Waals surface area contributed by atoms with Crippen molar-refractivity contribution in [3.8, 4) is 0 Å². The van der Waals surface area contributed by atoms with Gasteiger partial charge in [-0.05, 0) is 13.8 Å². The molecule has 1 rings (SSSR count). The molecule has 6 heteroatoms. The van der Waals surface area contributed by atoms with E-state index in [-0.39, 0.29) is 5.03 Å². The molecule has 0 aliphatic heterocycles. The lowest BCUT2D eigenvalue weighted by atomic mass is 10.6. The average Bonchev–Trinajstić information content (AvgIpc) is 2.08. The summed E-state index contributed by atoms with van der Waals surface area (Å²) in [5.41, 5.74) is 0. The van der Waals surface area contributed by atoms with Crippen LogP contribution >= 0.6 is 11.3 Å². The van der Waals surface area contributed by atoms with E-state index in [0.29, 0.717) is 9.88 Å². The quantitative estimate of drug-likeness (QED) is 0.676. The lowest BCUT2D eigenvalue weighted by molar-refractivity contribution is 0.479. The minimum absolute atomic E-state index is 0.222. The van der Waals surface area contributed by atoms with Gasteiger partial charge in [0.2, 0.25) is 0 Å². The molecule has 0 spiro atoms. The maximum atomic E-state index is 10.6. The van der Waals surface area contributed by atoms with Gasteiger partial charge in [-0.25, -0.2) is 4.98 Å². The van der Waals surface area contributed by atoms with E-state index in [1.54, 1.807) is 13.8 Å². The molecule has 1 heterocycles. The van der Waals surface area contributed by atoms with Crippen molar-refractivity contribution < 1.29 is 13.0 Å². The van der Waals surface area contributed by atoms with Crippen LogP contribution in [0.25, 0.3) is 0 Å². The Kier molecular flexibility index (Phi) is 2.00. The van der Waals surface area contributed by atoms with Gasteiger partial charge < -0.3 is 0 Å². The SMILES string of the molecule is Cc1nc(S(=O)(=O)O)c(C)s1. The third-order valence-corrected chi connectivity index (χ3v) is 3.01. The van der Waals surface area contributed by atoms with Gasteiger partial charge in [-0.2, -0.15) is 8.42 Å². The lowest BCUT2D eigenvalue weighted by Crippen LogP contribution is -1.99. The van der Waals surface area contributed by atoms with Gasteiger partial charge in [-0.3, -0.25) is 4.55 Å². The van der Waals surface area contributed by atoms with Crippen LogP contribution in [0.2, 0.25) is 0 Å². The lowest BCUT2D eigenvalue weighted by Gasteiger charge is -1.89. The monoisotopic (exact) mass is 193 g/mol. The van der Waals surface area contributed by atoms with Crippen molar-refractivity contribution in [3.63, 3.8) is 0 Å². The molecule has 0 saturated carbocycles. The van der Waals surface area contributed by atoms with Gasteiger partial charge in [-0.15, -0.1) is 11.3 Å². The smallest absolute Gasteiger partial charge is 0.281 e. The predicted molar refractivity (Wildman–Crippen MR) is 41.4 cm³/mol. The van der Waals surface area contributed by atoms with Crippen molar-refractivity contribution >= 4 is 21.5 Å². The fourth-order valence-electron chi connectivity index (χ4n) is 0.749. The molecule has 0 radical (unpaired) electrons. The Bertz CT molecular complexity index is 365. The van der Waals surface area contributed by atoms with Crippen molar-refractivity contribution in [2.45, 2.75) is 18.9 Å². The van der Waals surface area contributed by atoms with Crippen LogP contribution in [0.4, 0.5) is 0 Å². The normalized spacial score (nSPS) is 11.9. The van der Waals surface area contributed by atoms with Gasteiger partial charge in [0, 0.05) is 4.88 Å². The number of rotatable bonds is 1. The highest BCUT2D eigenvalue weighted by molar-refractivity contribution is 7.85. The average molecular weight is 193 g/mol. The van der Waals surface area contributed by atoms with Crippen LogP contribution in [-0.2, 0) is 10.1 Å². The fourth-order valence-corrected chi connectivity index (χ4v) is 2.58. The largest absolute Gasteiger partial charge is 0.313 e. The van der Waals surface area contributed by atoms with Crippen molar-refractivity contribution in [1.29, 1.82) is 0 Å². The number of aryl methyl sites for hydroxylation is 2. The summed E-state index contributed by atoms with van der Waals surface area (Å²) < 4.78 is 29.7. The third-order valence-electron chi connectivity index (χ3n) is 1.11. The van der Waals surface area contributed by atoms with Crippen LogP contribution in [0.5, 0.6) is 0 Å². The molecule has 4 nitrogen and oxygen atoms in total. The molecule has 11 heavy (non-hydrogen) atoms. The zero-order valence-electron chi connectivity index (χ0n) is 6.03. The third kappa shape index (κ3) is 1.76. The number of thiazole rings is 1. The van der Waals surface area contributed by atoms with Gasteiger partial charge in [0.15, 0.2) is 5.03 Å². The van der Waals surface area contributed by atoms with Crippen LogP contribution < -0.4 is 0 Å². The van der Waals surface area contributed by atoms with Crippen molar-refractivity contribution in [3.05, 3.63) is 9.88 Å². The first kappa shape index (κ1) is 8.63. The van der Waals surface area contributed by atoms with Crippen LogP contribution in [0.3, 0.4) is 0 Å². The summed E-state index contributed by atoms with van der Waals surface area (Å²) in [5.74, 6) is 0. The van der Waals surface area contributed by atoms with Gasteiger partial charge in [0.1, 0.15) is 0 Å². The standard InChI is InChI=1S/C5H7NO3S2/c1-3-5(11(7,8)9)6-4(2)10-3/h1-2H3,(H,7,8,9). The molecule has 0 bridgehead atoms. The molecule has 0 fully saturated rings. The minimum atomic E-state index is -4.11. The maximum absolute atomic E-state index is 10.6. The summed E-state index contributed by atoms with van der Waals surface area (Å²) in [4.78, 5) is 4.18. The highest BCUT2D eigenvalue weighted by Gasteiger charge is 2.17. The molecule has 0 saturated heterocycles. The molecule has 0 amide bonds. The van der Waals surface area contributed by atoms with E-state index in [0.717, 1.165) is 0 Å². The molecule has 1 aromatic heterocycles. The molecule has 0 atom stereocenters. The van der Waals surface area contributed by atoms with Crippen molar-refractivity contribution in [2.75, 3.05) is 0 Å². The van der Waals surface area contributed by atoms with Crippen molar-refractivity contribution in [1.82, 2.24) is 4.98 Å². The summed E-state index contributed by atoms with van der Waals surface area (Å²) >= 11 is 1.25. The van der Waals surface area contributed by atoms with Gasteiger partial charge in [0.05, 0.1) is 5.01 Å². The van der Waals surface area contributed by atoms with E-state index in [9.17, 15) is 8.42 Å². The predicted octanol–water partition coefficient (Wildman–Crippen LogP) is 1.01. The highest BCUT2D eigenvalue weighted by atomic mass is 32.2. The van der Waals surface area contributed by atoms with E-state index in [1.165, 1.54) is 11.3 Å². The Balaban J connectivity index is 3.36. The number of aromatic nitrogens is 1. The molecule has 0 aliphatic carbocycles. The van der Waals surface area contributed by atoms with Gasteiger partial charge in [-0.1, -0.05) is 0 Å². The molecular formula is C5H7NO3S2. The fraction of sp³-hybridized carbons (Fsp3) is 0.400. The van der Waals surface area contributed by atoms with E-state index < -0.39 is 10.1 Å². The summed E-state index contributed by atoms with van der Waals surface area (Å²) in [7, 11) is -4.11. The molecule has 0 unspecified atom stereocenters. The zero-order chi connectivity index (χ0) is 8.65. The second kappa shape index (κ2) is 2.54. The van der Waals surface area contributed by atoms with Gasteiger partial charge in [0.25, 0.3) is 0 Å². The minimum Gasteiger partial charge on any atom is -0.281 e. The molecule has 0 aliphatic rings. The second-order valence-corrected chi connectivity index (χ2v) is 4.81. The van der Waals surface area contributed by atoms with Gasteiger partial charge >= 0.3 is 10.1 Å². The number of nitrogens with zero attached hydrogens (tertiary/aromatic N) is 1. The van der Waals surface area contributed by atoms with Crippen LogP contribution in [0.15, 0.2) is 5.03 Å². The second-order valence-electron chi connectivity index (χ2n) is 2.07. The summed E-state index contributed by atoms with van der Waals surface area (Å²) in [6.45, 7) is 3.29. The van der Waals surface area contributed by atoms with Crippen LogP contribution in [0, 0.1) is 13.8 Å². The van der Waals surface area contributed by atoms with Crippen LogP contribution in [-0.4, -0.2) is 18.0 Å². The Morgan fingerprint density at radius 2 is 2.00 bits per heavy atom. The summed E-state index contributed by atoms with van der Waals surface area (Å²) in [6, 6.07) is 0. The first-order chi connectivity index (χ1) is 4.91. The first-order valence-electron chi connectivity index (χ1n) is 2.83. The molecule has 0 aromatic carbocycles. The molecule has 1 aromatic rings. The molecule has 62 valence electrons. The molecular weight excluding hydrogens is 186 g/mol. The topological polar surface area (TPSA) is 67.3 Å². The highest BCUT2D eigenvalue weighted by Crippen LogP contribution is 2.20. The van der Waals surface area contributed by atoms with Crippen molar-refractivity contribution in [2.24, 2.45) is 0 Å². The summed E-state index contributed by atoms with van der Waals surface area (Å²) in [6.07, 6.45) is 0. The van der Waals surface area contributed by atoms with Crippen LogP contribution in [0.1, 0.15) is 9.88 Å².